The molecule has 0 aliphatic heterocycles. The van der Waals surface area contributed by atoms with Crippen molar-refractivity contribution in [3.63, 3.8) is 0 Å². The molecule has 0 saturated carbocycles. The Balaban J connectivity index is 0.930. The molecule has 342 valence electrons. The highest BCUT2D eigenvalue weighted by Crippen LogP contribution is 2.47. The Bertz CT molecular complexity index is 3750. The summed E-state index contributed by atoms with van der Waals surface area (Å²) in [5, 5.41) is 1.87. The lowest BCUT2D eigenvalue weighted by Crippen LogP contribution is -2.09. The molecule has 13 aromatic rings. The van der Waals surface area contributed by atoms with Crippen molar-refractivity contribution in [1.29, 1.82) is 0 Å². The van der Waals surface area contributed by atoms with Gasteiger partial charge in [-0.25, -0.2) is 9.97 Å². The van der Waals surface area contributed by atoms with Crippen LogP contribution in [0.1, 0.15) is 11.1 Å². The third-order valence-corrected chi connectivity index (χ3v) is 16.0. The van der Waals surface area contributed by atoms with Crippen molar-refractivity contribution in [2.24, 2.45) is 0 Å². The van der Waals surface area contributed by atoms with Crippen molar-refractivity contribution in [2.75, 3.05) is 9.80 Å². The molecule has 0 atom stereocenters. The number of rotatable bonds is 10. The first-order valence-electron chi connectivity index (χ1n) is 24.0. The SMILES string of the molecule is Cc1cc(-c2ccc(N(c3ccccc3)c3ccccc3)cc2)sc1-c1ccc(-c2sc(-c3ccc(N(c4ccccc4)c4ccccc4)cc3)cc2C)c2nc3c4cccnc4c4ncccc4c3nc12. The van der Waals surface area contributed by atoms with Gasteiger partial charge in [-0.3, -0.25) is 9.97 Å². The number of anilines is 6. The Morgan fingerprint density at radius 2 is 0.653 bits per heavy atom. The molecule has 72 heavy (non-hydrogen) atoms. The largest absolute Gasteiger partial charge is 0.311 e. The standard InChI is InChI=1S/C64H44N6S2/c1-41-39-55(43-27-31-49(32-28-43)69(45-17-7-3-8-18-45)46-19-9-4-10-20-46)71-63(41)53-35-36-54(62-61(53)67-59-51-25-15-37-65-57(51)58-52(60(59)68-62)26-16-38-66-58)64-42(2)40-56(72-64)44-29-33-50(34-30-44)70(47-21-11-5-12-22-47)48-23-13-6-14-24-48/h3-40H,1-2H3. The first kappa shape index (κ1) is 43.2. The van der Waals surface area contributed by atoms with Crippen molar-refractivity contribution < 1.29 is 0 Å². The Morgan fingerprint density at radius 3 is 1.00 bits per heavy atom. The molecule has 8 heteroatoms. The minimum absolute atomic E-state index is 0.819. The van der Waals surface area contributed by atoms with Crippen LogP contribution in [0.4, 0.5) is 34.1 Å². The van der Waals surface area contributed by atoms with Crippen LogP contribution in [0.2, 0.25) is 0 Å². The molecular weight excluding hydrogens is 917 g/mol. The first-order valence-corrected chi connectivity index (χ1v) is 25.7. The average molecular weight is 961 g/mol. The van der Waals surface area contributed by atoms with Crippen LogP contribution in [0.5, 0.6) is 0 Å². The second-order valence-corrected chi connectivity index (χ2v) is 20.0. The van der Waals surface area contributed by atoms with Crippen LogP contribution >= 0.6 is 22.7 Å². The zero-order valence-electron chi connectivity index (χ0n) is 39.4. The van der Waals surface area contributed by atoms with E-state index < -0.39 is 0 Å². The third-order valence-electron chi connectivity index (χ3n) is 13.4. The van der Waals surface area contributed by atoms with E-state index in [1.807, 2.05) is 24.5 Å². The molecule has 0 bridgehead atoms. The first-order chi connectivity index (χ1) is 35.5. The molecule has 6 nitrogen and oxygen atoms in total. The fraction of sp³-hybridized carbons (Fsp3) is 0.0312. The average Bonchev–Trinajstić information content (AvgIpc) is 4.03. The lowest BCUT2D eigenvalue weighted by Gasteiger charge is -2.25. The van der Waals surface area contributed by atoms with Crippen LogP contribution in [-0.2, 0) is 0 Å². The molecular formula is C64H44N6S2. The molecule has 0 radical (unpaired) electrons. The molecule has 13 rings (SSSR count). The summed E-state index contributed by atoms with van der Waals surface area (Å²) in [4.78, 5) is 30.3. The van der Waals surface area contributed by atoms with Crippen LogP contribution < -0.4 is 9.80 Å². The predicted molar refractivity (Wildman–Crippen MR) is 304 cm³/mol. The molecule has 0 fully saturated rings. The van der Waals surface area contributed by atoms with Gasteiger partial charge < -0.3 is 9.80 Å². The van der Waals surface area contributed by atoms with Gasteiger partial charge in [0.15, 0.2) is 0 Å². The number of aromatic nitrogens is 4. The van der Waals surface area contributed by atoms with E-state index in [1.165, 1.54) is 30.6 Å². The van der Waals surface area contributed by atoms with E-state index in [4.69, 9.17) is 19.9 Å². The van der Waals surface area contributed by atoms with Gasteiger partial charge in [0.1, 0.15) is 0 Å². The summed E-state index contributed by atoms with van der Waals surface area (Å²) in [6.45, 7) is 4.42. The van der Waals surface area contributed by atoms with Gasteiger partial charge >= 0.3 is 0 Å². The van der Waals surface area contributed by atoms with Crippen molar-refractivity contribution in [1.82, 2.24) is 19.9 Å². The molecule has 5 aromatic heterocycles. The van der Waals surface area contributed by atoms with Crippen LogP contribution in [-0.4, -0.2) is 19.9 Å². The fourth-order valence-electron chi connectivity index (χ4n) is 9.98. The van der Waals surface area contributed by atoms with E-state index in [-0.39, 0.29) is 0 Å². The van der Waals surface area contributed by atoms with E-state index in [9.17, 15) is 0 Å². The van der Waals surface area contributed by atoms with Gasteiger partial charge in [-0.2, -0.15) is 0 Å². The Kier molecular flexibility index (Phi) is 10.9. The smallest absolute Gasteiger partial charge is 0.0996 e. The van der Waals surface area contributed by atoms with Crippen LogP contribution in [0.25, 0.3) is 85.6 Å². The summed E-state index contributed by atoms with van der Waals surface area (Å²) in [7, 11) is 0. The van der Waals surface area contributed by atoms with Gasteiger partial charge in [0.2, 0.25) is 0 Å². The minimum atomic E-state index is 0.819. The van der Waals surface area contributed by atoms with Crippen LogP contribution in [0, 0.1) is 13.8 Å². The second kappa shape index (κ2) is 18.2. The summed E-state index contributed by atoms with van der Waals surface area (Å²) in [5.41, 5.74) is 18.5. The summed E-state index contributed by atoms with van der Waals surface area (Å²) < 4.78 is 0. The molecule has 0 spiro atoms. The number of nitrogens with zero attached hydrogens (tertiary/aromatic N) is 6. The van der Waals surface area contributed by atoms with Crippen LogP contribution in [0.15, 0.2) is 231 Å². The Morgan fingerprint density at radius 1 is 0.319 bits per heavy atom. The number of aryl methyl sites for hydroxylation is 2. The number of fused-ring (bicyclic) bond motifs is 7. The molecule has 0 aliphatic carbocycles. The summed E-state index contributed by atoms with van der Waals surface area (Å²) in [6, 6.07) is 77.3. The zero-order chi connectivity index (χ0) is 48.1. The molecule has 0 amide bonds. The molecule has 5 heterocycles. The Labute approximate surface area is 425 Å². The van der Waals surface area contributed by atoms with E-state index in [2.05, 4.69) is 230 Å². The summed E-state index contributed by atoms with van der Waals surface area (Å²) in [6.07, 6.45) is 3.66. The van der Waals surface area contributed by atoms with Crippen molar-refractivity contribution in [2.45, 2.75) is 13.8 Å². The van der Waals surface area contributed by atoms with Gasteiger partial charge in [0, 0.05) is 87.9 Å². The van der Waals surface area contributed by atoms with Gasteiger partial charge in [-0.15, -0.1) is 22.7 Å². The molecule has 0 unspecified atom stereocenters. The monoisotopic (exact) mass is 960 g/mol. The molecule has 0 aliphatic rings. The number of pyridine rings is 2. The van der Waals surface area contributed by atoms with E-state index >= 15 is 0 Å². The second-order valence-electron chi connectivity index (χ2n) is 17.9. The zero-order valence-corrected chi connectivity index (χ0v) is 41.1. The maximum absolute atomic E-state index is 5.67. The minimum Gasteiger partial charge on any atom is -0.311 e. The molecule has 0 N–H and O–H groups in total. The van der Waals surface area contributed by atoms with Gasteiger partial charge in [-0.1, -0.05) is 109 Å². The highest BCUT2D eigenvalue weighted by molar-refractivity contribution is 7.19. The van der Waals surface area contributed by atoms with E-state index in [0.717, 1.165) is 100 Å². The normalized spacial score (nSPS) is 11.5. The molecule has 8 aromatic carbocycles. The number of benzene rings is 8. The maximum Gasteiger partial charge on any atom is 0.0996 e. The lowest BCUT2D eigenvalue weighted by molar-refractivity contribution is 1.28. The van der Waals surface area contributed by atoms with Crippen molar-refractivity contribution >= 4 is 101 Å². The fourth-order valence-corrected chi connectivity index (χ4v) is 12.4. The third kappa shape index (κ3) is 7.65. The van der Waals surface area contributed by atoms with Crippen molar-refractivity contribution in [3.05, 3.63) is 242 Å². The number of hydrogen-bond acceptors (Lipinski definition) is 8. The number of para-hydroxylation sites is 4. The van der Waals surface area contributed by atoms with Gasteiger partial charge in [-0.05, 0) is 145 Å². The quantitative estimate of drug-likeness (QED) is 0.101. The van der Waals surface area contributed by atoms with Gasteiger partial charge in [0.05, 0.1) is 33.1 Å². The summed E-state index contributed by atoms with van der Waals surface area (Å²) >= 11 is 3.60. The molecule has 0 saturated heterocycles. The Hall–Kier alpha value is -8.82. The lowest BCUT2D eigenvalue weighted by atomic mass is 10.0. The number of hydrogen-bond donors (Lipinski definition) is 0. The topological polar surface area (TPSA) is 58.0 Å². The van der Waals surface area contributed by atoms with Gasteiger partial charge in [0.25, 0.3) is 0 Å². The number of thiophene rings is 2. The highest BCUT2D eigenvalue weighted by Gasteiger charge is 2.23. The summed E-state index contributed by atoms with van der Waals surface area (Å²) in [5.74, 6) is 0. The predicted octanol–water partition coefficient (Wildman–Crippen LogP) is 18.2. The highest BCUT2D eigenvalue weighted by atomic mass is 32.1. The van der Waals surface area contributed by atoms with Crippen LogP contribution in [0.3, 0.4) is 0 Å². The maximum atomic E-state index is 5.67. The van der Waals surface area contributed by atoms with E-state index in [1.54, 1.807) is 22.7 Å². The van der Waals surface area contributed by atoms with E-state index in [0.29, 0.717) is 0 Å². The van der Waals surface area contributed by atoms with Crippen molar-refractivity contribution in [3.8, 4) is 41.8 Å².